The Bertz CT molecular complexity index is 211. The van der Waals surface area contributed by atoms with Crippen molar-refractivity contribution < 1.29 is 0 Å². The molecule has 0 radical (unpaired) electrons. The molecule has 0 spiro atoms. The Kier molecular flexibility index (Phi) is 5.94. The summed E-state index contributed by atoms with van der Waals surface area (Å²) in [5.41, 5.74) is 0. The van der Waals surface area contributed by atoms with Crippen molar-refractivity contribution in [3.8, 4) is 0 Å². The molecule has 0 aliphatic carbocycles. The molecule has 3 unspecified atom stereocenters. The zero-order valence-electron chi connectivity index (χ0n) is 12.7. The molecule has 1 aliphatic heterocycles. The largest absolute Gasteiger partial charge is 0.311 e. The van der Waals surface area contributed by atoms with Gasteiger partial charge in [-0.25, -0.2) is 0 Å². The van der Waals surface area contributed by atoms with Crippen molar-refractivity contribution in [1.82, 2.24) is 10.2 Å². The summed E-state index contributed by atoms with van der Waals surface area (Å²) in [7, 11) is 0. The summed E-state index contributed by atoms with van der Waals surface area (Å²) in [6, 6.07) is 2.07. The zero-order valence-corrected chi connectivity index (χ0v) is 12.7. The van der Waals surface area contributed by atoms with E-state index < -0.39 is 0 Å². The lowest BCUT2D eigenvalue weighted by Crippen LogP contribution is -2.60. The van der Waals surface area contributed by atoms with Gasteiger partial charge in [-0.1, -0.05) is 40.5 Å². The average Bonchev–Trinajstić information content (AvgIpc) is 2.29. The van der Waals surface area contributed by atoms with Crippen LogP contribution in [-0.4, -0.2) is 36.1 Å². The molecule has 1 aliphatic rings. The van der Waals surface area contributed by atoms with Gasteiger partial charge in [0.2, 0.25) is 0 Å². The molecule has 17 heavy (non-hydrogen) atoms. The number of hydrogen-bond donors (Lipinski definition) is 1. The first-order valence-electron chi connectivity index (χ1n) is 7.50. The lowest BCUT2D eigenvalue weighted by Gasteiger charge is -2.47. The van der Waals surface area contributed by atoms with Crippen LogP contribution >= 0.6 is 0 Å². The van der Waals surface area contributed by atoms with E-state index in [2.05, 4.69) is 51.8 Å². The summed E-state index contributed by atoms with van der Waals surface area (Å²) >= 11 is 0. The van der Waals surface area contributed by atoms with Crippen LogP contribution in [0.5, 0.6) is 0 Å². The van der Waals surface area contributed by atoms with Gasteiger partial charge in [0.1, 0.15) is 0 Å². The standard InChI is InChI=1S/C15H32N2/c1-7-14(8-2)13(6)17-10-12(5)16-9-15(17)11(3)4/h11-16H,7-10H2,1-6H3. The monoisotopic (exact) mass is 240 g/mol. The second-order valence-electron chi connectivity index (χ2n) is 6.13. The van der Waals surface area contributed by atoms with E-state index in [4.69, 9.17) is 0 Å². The normalized spacial score (nSPS) is 28.9. The van der Waals surface area contributed by atoms with E-state index in [-0.39, 0.29) is 0 Å². The van der Waals surface area contributed by atoms with E-state index in [1.807, 2.05) is 0 Å². The van der Waals surface area contributed by atoms with Gasteiger partial charge in [0.15, 0.2) is 0 Å². The highest BCUT2D eigenvalue weighted by Crippen LogP contribution is 2.25. The second-order valence-corrected chi connectivity index (χ2v) is 6.13. The van der Waals surface area contributed by atoms with Crippen LogP contribution in [0.3, 0.4) is 0 Å². The van der Waals surface area contributed by atoms with E-state index >= 15 is 0 Å². The third-order valence-electron chi connectivity index (χ3n) is 4.61. The van der Waals surface area contributed by atoms with E-state index in [0.717, 1.165) is 24.4 Å². The fraction of sp³-hybridized carbons (Fsp3) is 1.00. The van der Waals surface area contributed by atoms with Crippen molar-refractivity contribution in [3.63, 3.8) is 0 Å². The van der Waals surface area contributed by atoms with E-state index in [0.29, 0.717) is 12.1 Å². The highest BCUT2D eigenvalue weighted by atomic mass is 15.3. The Morgan fingerprint density at radius 2 is 1.76 bits per heavy atom. The molecule has 3 atom stereocenters. The van der Waals surface area contributed by atoms with Crippen molar-refractivity contribution >= 4 is 0 Å². The van der Waals surface area contributed by atoms with Gasteiger partial charge in [0.05, 0.1) is 0 Å². The average molecular weight is 240 g/mol. The lowest BCUT2D eigenvalue weighted by molar-refractivity contribution is 0.0383. The molecular weight excluding hydrogens is 208 g/mol. The van der Waals surface area contributed by atoms with Gasteiger partial charge in [0, 0.05) is 31.2 Å². The third-order valence-corrected chi connectivity index (χ3v) is 4.61. The van der Waals surface area contributed by atoms with Crippen LogP contribution in [0.2, 0.25) is 0 Å². The van der Waals surface area contributed by atoms with Crippen molar-refractivity contribution in [2.45, 2.75) is 72.5 Å². The second kappa shape index (κ2) is 6.75. The minimum Gasteiger partial charge on any atom is -0.311 e. The predicted octanol–water partition coefficient (Wildman–Crippen LogP) is 3.13. The number of nitrogens with one attached hydrogen (secondary N) is 1. The minimum atomic E-state index is 0.641. The highest BCUT2D eigenvalue weighted by Gasteiger charge is 2.33. The van der Waals surface area contributed by atoms with Gasteiger partial charge in [-0.15, -0.1) is 0 Å². The Labute approximate surface area is 108 Å². The van der Waals surface area contributed by atoms with Crippen LogP contribution in [-0.2, 0) is 0 Å². The lowest BCUT2D eigenvalue weighted by atomic mass is 9.89. The molecule has 0 aromatic carbocycles. The zero-order chi connectivity index (χ0) is 13.0. The molecule has 1 fully saturated rings. The first-order valence-corrected chi connectivity index (χ1v) is 7.50. The number of rotatable bonds is 5. The molecule has 0 amide bonds. The van der Waals surface area contributed by atoms with E-state index in [1.54, 1.807) is 0 Å². The van der Waals surface area contributed by atoms with Crippen molar-refractivity contribution in [2.24, 2.45) is 11.8 Å². The Hall–Kier alpha value is -0.0800. The first kappa shape index (κ1) is 15.0. The molecule has 2 nitrogen and oxygen atoms in total. The topological polar surface area (TPSA) is 15.3 Å². The smallest absolute Gasteiger partial charge is 0.0247 e. The third kappa shape index (κ3) is 3.69. The number of piperazine rings is 1. The number of hydrogen-bond acceptors (Lipinski definition) is 2. The van der Waals surface area contributed by atoms with Crippen LogP contribution in [0.25, 0.3) is 0 Å². The maximum atomic E-state index is 3.63. The van der Waals surface area contributed by atoms with Crippen LogP contribution in [0, 0.1) is 11.8 Å². The molecule has 0 bridgehead atoms. The summed E-state index contributed by atoms with van der Waals surface area (Å²) in [5.74, 6) is 1.59. The van der Waals surface area contributed by atoms with Crippen LogP contribution < -0.4 is 5.32 Å². The fourth-order valence-corrected chi connectivity index (χ4v) is 3.28. The minimum absolute atomic E-state index is 0.641. The molecule has 1 rings (SSSR count). The van der Waals surface area contributed by atoms with Gasteiger partial charge in [-0.3, -0.25) is 4.90 Å². The Balaban J connectivity index is 2.74. The van der Waals surface area contributed by atoms with Gasteiger partial charge < -0.3 is 5.32 Å². The van der Waals surface area contributed by atoms with E-state index in [9.17, 15) is 0 Å². The van der Waals surface area contributed by atoms with Crippen molar-refractivity contribution in [1.29, 1.82) is 0 Å². The van der Waals surface area contributed by atoms with Crippen LogP contribution in [0.4, 0.5) is 0 Å². The molecule has 2 heteroatoms. The molecule has 1 heterocycles. The van der Waals surface area contributed by atoms with Gasteiger partial charge >= 0.3 is 0 Å². The molecule has 0 aromatic rings. The van der Waals surface area contributed by atoms with Gasteiger partial charge in [0.25, 0.3) is 0 Å². The molecule has 1 saturated heterocycles. The summed E-state index contributed by atoms with van der Waals surface area (Å²) < 4.78 is 0. The summed E-state index contributed by atoms with van der Waals surface area (Å²) in [5, 5.41) is 3.63. The SMILES string of the molecule is CCC(CC)C(C)N1CC(C)NCC1C(C)C. The molecule has 102 valence electrons. The Morgan fingerprint density at radius 3 is 2.24 bits per heavy atom. The molecule has 0 aromatic heterocycles. The first-order chi connectivity index (χ1) is 8.01. The van der Waals surface area contributed by atoms with Gasteiger partial charge in [-0.05, 0) is 25.7 Å². The quantitative estimate of drug-likeness (QED) is 0.794. The maximum absolute atomic E-state index is 3.63. The summed E-state index contributed by atoms with van der Waals surface area (Å²) in [6.45, 7) is 16.5. The molecular formula is C15H32N2. The van der Waals surface area contributed by atoms with Crippen LogP contribution in [0.15, 0.2) is 0 Å². The van der Waals surface area contributed by atoms with Crippen molar-refractivity contribution in [2.75, 3.05) is 13.1 Å². The maximum Gasteiger partial charge on any atom is 0.0247 e. The molecule has 1 N–H and O–H groups in total. The Morgan fingerprint density at radius 1 is 1.18 bits per heavy atom. The summed E-state index contributed by atoms with van der Waals surface area (Å²) in [4.78, 5) is 2.77. The summed E-state index contributed by atoms with van der Waals surface area (Å²) in [6.07, 6.45) is 2.61. The predicted molar refractivity (Wildman–Crippen MR) is 76.3 cm³/mol. The van der Waals surface area contributed by atoms with Crippen molar-refractivity contribution in [3.05, 3.63) is 0 Å². The van der Waals surface area contributed by atoms with E-state index in [1.165, 1.54) is 19.4 Å². The number of nitrogens with zero attached hydrogens (tertiary/aromatic N) is 1. The molecule has 0 saturated carbocycles. The fourth-order valence-electron chi connectivity index (χ4n) is 3.28. The van der Waals surface area contributed by atoms with Gasteiger partial charge in [-0.2, -0.15) is 0 Å². The highest BCUT2D eigenvalue weighted by molar-refractivity contribution is 4.90. The van der Waals surface area contributed by atoms with Crippen LogP contribution in [0.1, 0.15) is 54.4 Å².